The first-order valence-electron chi connectivity index (χ1n) is 5.51. The third kappa shape index (κ3) is 2.32. The van der Waals surface area contributed by atoms with Gasteiger partial charge in [-0.15, -0.1) is 11.3 Å². The number of nitrogens with zero attached hydrogens (tertiary/aromatic N) is 1. The summed E-state index contributed by atoms with van der Waals surface area (Å²) in [6.45, 7) is 0. The van der Waals surface area contributed by atoms with Crippen LogP contribution in [0.3, 0.4) is 0 Å². The maximum atomic E-state index is 10.7. The molecule has 0 spiro atoms. The second kappa shape index (κ2) is 4.64. The van der Waals surface area contributed by atoms with E-state index in [-0.39, 0.29) is 5.56 Å². The molecule has 0 unspecified atom stereocenters. The molecule has 0 atom stereocenters. The number of carboxylic acids is 1. The molecule has 94 valence electrons. The topological polar surface area (TPSA) is 53.0 Å². The van der Waals surface area contributed by atoms with Crippen molar-refractivity contribution in [2.45, 2.75) is 0 Å². The van der Waals surface area contributed by atoms with Crippen molar-refractivity contribution in [1.29, 1.82) is 0 Å². The minimum atomic E-state index is -1.18. The number of carboxylic acid groups (broad SMARTS) is 1. The lowest BCUT2D eigenvalue weighted by molar-refractivity contribution is -0.255. The summed E-state index contributed by atoms with van der Waals surface area (Å²) in [5.41, 5.74) is 1.88. The van der Waals surface area contributed by atoms with Crippen molar-refractivity contribution >= 4 is 39.1 Å². The zero-order valence-electron chi connectivity index (χ0n) is 9.59. The normalized spacial score (nSPS) is 10.8. The Kier molecular flexibility index (Phi) is 2.97. The van der Waals surface area contributed by atoms with E-state index in [9.17, 15) is 9.90 Å². The van der Waals surface area contributed by atoms with Gasteiger partial charge in [-0.05, 0) is 23.8 Å². The molecule has 0 aliphatic rings. The number of carbonyl (C=O) groups excluding carboxylic acids is 1. The van der Waals surface area contributed by atoms with Gasteiger partial charge in [0.15, 0.2) is 0 Å². The number of hydrogen-bond acceptors (Lipinski definition) is 4. The van der Waals surface area contributed by atoms with Crippen molar-refractivity contribution < 1.29 is 9.90 Å². The standard InChI is InChI=1S/C14H8ClNO2S/c15-10-5-6-12-11(7-10)16-13(19-12)8-1-3-9(4-2-8)14(17)18/h1-7H,(H,17,18)/p-1. The third-order valence-corrected chi connectivity index (χ3v) is 4.04. The van der Waals surface area contributed by atoms with Gasteiger partial charge in [0.25, 0.3) is 0 Å². The lowest BCUT2D eigenvalue weighted by Gasteiger charge is -2.02. The average Bonchev–Trinajstić information content (AvgIpc) is 2.81. The second-order valence-corrected chi connectivity index (χ2v) is 5.46. The van der Waals surface area contributed by atoms with Crippen LogP contribution in [0, 0.1) is 0 Å². The highest BCUT2D eigenvalue weighted by molar-refractivity contribution is 7.21. The van der Waals surface area contributed by atoms with Crippen LogP contribution >= 0.6 is 22.9 Å². The Morgan fingerprint density at radius 2 is 1.89 bits per heavy atom. The summed E-state index contributed by atoms with van der Waals surface area (Å²) >= 11 is 7.46. The van der Waals surface area contributed by atoms with Crippen LogP contribution in [0.2, 0.25) is 5.02 Å². The largest absolute Gasteiger partial charge is 0.545 e. The summed E-state index contributed by atoms with van der Waals surface area (Å²) in [5.74, 6) is -1.18. The van der Waals surface area contributed by atoms with Gasteiger partial charge in [-0.2, -0.15) is 0 Å². The number of rotatable bonds is 2. The van der Waals surface area contributed by atoms with Crippen LogP contribution in [0.1, 0.15) is 10.4 Å². The summed E-state index contributed by atoms with van der Waals surface area (Å²) in [6, 6.07) is 12.0. The van der Waals surface area contributed by atoms with E-state index in [2.05, 4.69) is 4.98 Å². The van der Waals surface area contributed by atoms with E-state index in [1.165, 1.54) is 12.1 Å². The van der Waals surface area contributed by atoms with E-state index in [0.717, 1.165) is 20.8 Å². The number of thiazole rings is 1. The van der Waals surface area contributed by atoms with E-state index in [1.807, 2.05) is 18.2 Å². The molecule has 19 heavy (non-hydrogen) atoms. The Balaban J connectivity index is 2.06. The van der Waals surface area contributed by atoms with Crippen molar-refractivity contribution in [2.75, 3.05) is 0 Å². The molecule has 0 saturated heterocycles. The predicted octanol–water partition coefficient (Wildman–Crippen LogP) is 2.98. The molecule has 0 N–H and O–H groups in total. The molecule has 0 amide bonds. The van der Waals surface area contributed by atoms with Crippen molar-refractivity contribution in [1.82, 2.24) is 4.98 Å². The number of hydrogen-bond donors (Lipinski definition) is 0. The third-order valence-electron chi connectivity index (χ3n) is 2.72. The molecule has 2 aromatic carbocycles. The summed E-state index contributed by atoms with van der Waals surface area (Å²) in [6.07, 6.45) is 0. The Labute approximate surface area is 118 Å². The van der Waals surface area contributed by atoms with Crippen molar-refractivity contribution in [2.24, 2.45) is 0 Å². The summed E-state index contributed by atoms with van der Waals surface area (Å²) in [5, 5.41) is 12.2. The van der Waals surface area contributed by atoms with Crippen LogP contribution in [-0.4, -0.2) is 11.0 Å². The lowest BCUT2D eigenvalue weighted by atomic mass is 10.1. The quantitative estimate of drug-likeness (QED) is 0.728. The van der Waals surface area contributed by atoms with Crippen LogP contribution in [0.4, 0.5) is 0 Å². The van der Waals surface area contributed by atoms with Crippen molar-refractivity contribution in [3.05, 3.63) is 53.1 Å². The van der Waals surface area contributed by atoms with Gasteiger partial charge in [0.05, 0.1) is 16.2 Å². The van der Waals surface area contributed by atoms with Gasteiger partial charge in [-0.3, -0.25) is 0 Å². The molecule has 3 rings (SSSR count). The zero-order valence-corrected chi connectivity index (χ0v) is 11.2. The molecule has 3 nitrogen and oxygen atoms in total. The molecule has 0 aliphatic heterocycles. The minimum absolute atomic E-state index is 0.160. The monoisotopic (exact) mass is 288 g/mol. The lowest BCUT2D eigenvalue weighted by Crippen LogP contribution is -2.21. The highest BCUT2D eigenvalue weighted by atomic mass is 35.5. The smallest absolute Gasteiger partial charge is 0.124 e. The first-order valence-corrected chi connectivity index (χ1v) is 6.71. The van der Waals surface area contributed by atoms with Crippen LogP contribution in [0.25, 0.3) is 20.8 Å². The SMILES string of the molecule is O=C([O-])c1ccc(-c2nc3cc(Cl)ccc3s2)cc1. The minimum Gasteiger partial charge on any atom is -0.545 e. The molecule has 1 heterocycles. The van der Waals surface area contributed by atoms with Gasteiger partial charge in [0.2, 0.25) is 0 Å². The molecule has 0 fully saturated rings. The summed E-state index contributed by atoms with van der Waals surface area (Å²) in [7, 11) is 0. The Hall–Kier alpha value is -1.91. The Morgan fingerprint density at radius 3 is 2.58 bits per heavy atom. The van der Waals surface area contributed by atoms with E-state index in [1.54, 1.807) is 23.5 Å². The van der Waals surface area contributed by atoms with E-state index >= 15 is 0 Å². The van der Waals surface area contributed by atoms with Gasteiger partial charge in [-0.1, -0.05) is 35.9 Å². The molecule has 0 bridgehead atoms. The molecule has 0 aliphatic carbocycles. The average molecular weight is 289 g/mol. The molecule has 0 saturated carbocycles. The van der Waals surface area contributed by atoms with Gasteiger partial charge in [0.1, 0.15) is 5.01 Å². The van der Waals surface area contributed by atoms with Crippen LogP contribution in [0.15, 0.2) is 42.5 Å². The maximum absolute atomic E-state index is 10.7. The highest BCUT2D eigenvalue weighted by Crippen LogP contribution is 2.31. The number of fused-ring (bicyclic) bond motifs is 1. The van der Waals surface area contributed by atoms with Crippen LogP contribution in [-0.2, 0) is 0 Å². The summed E-state index contributed by atoms with van der Waals surface area (Å²) in [4.78, 5) is 15.2. The Morgan fingerprint density at radius 1 is 1.16 bits per heavy atom. The van der Waals surface area contributed by atoms with Crippen LogP contribution in [0.5, 0.6) is 0 Å². The number of aromatic nitrogens is 1. The summed E-state index contributed by atoms with van der Waals surface area (Å²) < 4.78 is 1.04. The molecule has 5 heteroatoms. The molecule has 0 radical (unpaired) electrons. The number of aromatic carboxylic acids is 1. The molecule has 3 aromatic rings. The van der Waals surface area contributed by atoms with Crippen molar-refractivity contribution in [3.8, 4) is 10.6 Å². The first-order chi connectivity index (χ1) is 9.13. The van der Waals surface area contributed by atoms with E-state index < -0.39 is 5.97 Å². The molecular formula is C14H7ClNO2S-. The van der Waals surface area contributed by atoms with Gasteiger partial charge in [0, 0.05) is 10.6 Å². The fourth-order valence-electron chi connectivity index (χ4n) is 1.77. The van der Waals surface area contributed by atoms with Crippen LogP contribution < -0.4 is 5.11 Å². The van der Waals surface area contributed by atoms with Crippen molar-refractivity contribution in [3.63, 3.8) is 0 Å². The Bertz CT molecular complexity index is 765. The van der Waals surface area contributed by atoms with Gasteiger partial charge in [-0.25, -0.2) is 4.98 Å². The fraction of sp³-hybridized carbons (Fsp3) is 0. The second-order valence-electron chi connectivity index (χ2n) is 4.00. The van der Waals surface area contributed by atoms with E-state index in [0.29, 0.717) is 5.02 Å². The van der Waals surface area contributed by atoms with Gasteiger partial charge < -0.3 is 9.90 Å². The predicted molar refractivity (Wildman–Crippen MR) is 74.4 cm³/mol. The van der Waals surface area contributed by atoms with Gasteiger partial charge >= 0.3 is 0 Å². The number of benzene rings is 2. The number of halogens is 1. The van der Waals surface area contributed by atoms with E-state index in [4.69, 9.17) is 11.6 Å². The maximum Gasteiger partial charge on any atom is 0.124 e. The molecule has 1 aromatic heterocycles. The highest BCUT2D eigenvalue weighted by Gasteiger charge is 2.06. The zero-order chi connectivity index (χ0) is 13.4. The number of carbonyl (C=O) groups is 1. The molecular weight excluding hydrogens is 282 g/mol. The first kappa shape index (κ1) is 12.1. The fourth-order valence-corrected chi connectivity index (χ4v) is 2.89.